The number of halogens is 1. The van der Waals surface area contributed by atoms with Gasteiger partial charge in [-0.1, -0.05) is 28.1 Å². The fraction of sp³-hybridized carbons (Fsp3) is 0.381. The molecule has 1 aliphatic rings. The van der Waals surface area contributed by atoms with Crippen LogP contribution < -0.4 is 14.4 Å². The van der Waals surface area contributed by atoms with Crippen LogP contribution in [0.5, 0.6) is 11.5 Å². The van der Waals surface area contributed by atoms with Crippen molar-refractivity contribution in [2.75, 3.05) is 39.4 Å². The van der Waals surface area contributed by atoms with Gasteiger partial charge in [0.25, 0.3) is 0 Å². The number of anilines is 1. The fourth-order valence-corrected chi connectivity index (χ4v) is 3.85. The van der Waals surface area contributed by atoms with Gasteiger partial charge in [0, 0.05) is 36.5 Å². The SMILES string of the molecule is COc1ccc(N(C)C(=O)C2(c3ccc(Br)cc3)CCOCC2)cc1OC. The van der Waals surface area contributed by atoms with E-state index in [0.29, 0.717) is 37.6 Å². The van der Waals surface area contributed by atoms with Crippen molar-refractivity contribution in [3.05, 3.63) is 52.5 Å². The Labute approximate surface area is 168 Å². The molecule has 1 aliphatic heterocycles. The van der Waals surface area contributed by atoms with E-state index in [1.165, 1.54) is 0 Å². The van der Waals surface area contributed by atoms with E-state index in [2.05, 4.69) is 15.9 Å². The first kappa shape index (κ1) is 19.7. The van der Waals surface area contributed by atoms with Crippen LogP contribution in [0.25, 0.3) is 0 Å². The van der Waals surface area contributed by atoms with E-state index in [1.54, 1.807) is 26.2 Å². The molecule has 1 heterocycles. The minimum Gasteiger partial charge on any atom is -0.493 e. The molecule has 1 fully saturated rings. The quantitative estimate of drug-likeness (QED) is 0.709. The van der Waals surface area contributed by atoms with E-state index in [0.717, 1.165) is 15.7 Å². The molecule has 0 saturated carbocycles. The van der Waals surface area contributed by atoms with Crippen LogP contribution in [-0.2, 0) is 14.9 Å². The van der Waals surface area contributed by atoms with Crippen molar-refractivity contribution >= 4 is 27.5 Å². The van der Waals surface area contributed by atoms with Crippen molar-refractivity contribution in [3.8, 4) is 11.5 Å². The average Bonchev–Trinajstić information content (AvgIpc) is 2.73. The topological polar surface area (TPSA) is 48.0 Å². The summed E-state index contributed by atoms with van der Waals surface area (Å²) in [5.74, 6) is 1.29. The van der Waals surface area contributed by atoms with Crippen molar-refractivity contribution in [1.29, 1.82) is 0 Å². The number of rotatable bonds is 5. The van der Waals surface area contributed by atoms with Crippen LogP contribution in [0.2, 0.25) is 0 Å². The predicted octanol–water partition coefficient (Wildman–Crippen LogP) is 4.18. The molecule has 2 aromatic carbocycles. The lowest BCUT2D eigenvalue weighted by Gasteiger charge is -2.39. The van der Waals surface area contributed by atoms with Crippen molar-refractivity contribution in [3.63, 3.8) is 0 Å². The molecule has 27 heavy (non-hydrogen) atoms. The number of carbonyl (C=O) groups excluding carboxylic acids is 1. The van der Waals surface area contributed by atoms with Gasteiger partial charge in [0.2, 0.25) is 5.91 Å². The van der Waals surface area contributed by atoms with Gasteiger partial charge in [0.15, 0.2) is 11.5 Å². The van der Waals surface area contributed by atoms with Crippen molar-refractivity contribution in [2.24, 2.45) is 0 Å². The molecule has 0 aliphatic carbocycles. The zero-order chi connectivity index (χ0) is 19.4. The van der Waals surface area contributed by atoms with Crippen LogP contribution in [-0.4, -0.2) is 40.4 Å². The summed E-state index contributed by atoms with van der Waals surface area (Å²) < 4.78 is 17.2. The lowest BCUT2D eigenvalue weighted by molar-refractivity contribution is -0.127. The first-order valence-electron chi connectivity index (χ1n) is 8.86. The number of ether oxygens (including phenoxy) is 3. The molecule has 0 spiro atoms. The summed E-state index contributed by atoms with van der Waals surface area (Å²) in [5, 5.41) is 0. The first-order valence-corrected chi connectivity index (χ1v) is 9.65. The maximum absolute atomic E-state index is 13.6. The minimum atomic E-state index is -0.596. The standard InChI is InChI=1S/C21H24BrNO4/c1-23(17-8-9-18(25-2)19(14-17)26-3)20(24)21(10-12-27-13-11-21)15-4-6-16(22)7-5-15/h4-9,14H,10-13H2,1-3H3. The largest absolute Gasteiger partial charge is 0.493 e. The van der Waals surface area contributed by atoms with Crippen molar-refractivity contribution in [2.45, 2.75) is 18.3 Å². The lowest BCUT2D eigenvalue weighted by atomic mass is 9.73. The van der Waals surface area contributed by atoms with Gasteiger partial charge >= 0.3 is 0 Å². The zero-order valence-corrected chi connectivity index (χ0v) is 17.4. The highest BCUT2D eigenvalue weighted by Crippen LogP contribution is 2.39. The summed E-state index contributed by atoms with van der Waals surface area (Å²) >= 11 is 3.47. The summed E-state index contributed by atoms with van der Waals surface area (Å²) in [4.78, 5) is 15.4. The van der Waals surface area contributed by atoms with Gasteiger partial charge in [-0.05, 0) is 42.7 Å². The summed E-state index contributed by atoms with van der Waals surface area (Å²) in [6.07, 6.45) is 1.32. The number of hydrogen-bond donors (Lipinski definition) is 0. The molecule has 0 N–H and O–H groups in total. The molecular weight excluding hydrogens is 410 g/mol. The highest BCUT2D eigenvalue weighted by molar-refractivity contribution is 9.10. The second-order valence-electron chi connectivity index (χ2n) is 6.60. The van der Waals surface area contributed by atoms with Crippen LogP contribution in [0.4, 0.5) is 5.69 Å². The Morgan fingerprint density at radius 3 is 2.26 bits per heavy atom. The number of amides is 1. The highest BCUT2D eigenvalue weighted by Gasteiger charge is 2.43. The Morgan fingerprint density at radius 1 is 1.04 bits per heavy atom. The van der Waals surface area contributed by atoms with Crippen molar-refractivity contribution in [1.82, 2.24) is 0 Å². The van der Waals surface area contributed by atoms with E-state index >= 15 is 0 Å². The third kappa shape index (κ3) is 3.82. The lowest BCUT2D eigenvalue weighted by Crippen LogP contribution is -2.48. The van der Waals surface area contributed by atoms with Gasteiger partial charge < -0.3 is 19.1 Å². The highest BCUT2D eigenvalue weighted by atomic mass is 79.9. The second-order valence-corrected chi connectivity index (χ2v) is 7.52. The Bertz CT molecular complexity index is 800. The molecule has 0 aromatic heterocycles. The van der Waals surface area contributed by atoms with Gasteiger partial charge in [0.05, 0.1) is 19.6 Å². The molecule has 6 heteroatoms. The fourth-order valence-electron chi connectivity index (χ4n) is 3.59. The van der Waals surface area contributed by atoms with E-state index in [9.17, 15) is 4.79 Å². The molecule has 3 rings (SSSR count). The summed E-state index contributed by atoms with van der Waals surface area (Å²) in [5.41, 5.74) is 1.19. The second kappa shape index (κ2) is 8.31. The Hall–Kier alpha value is -2.05. The van der Waals surface area contributed by atoms with Gasteiger partial charge in [-0.2, -0.15) is 0 Å². The monoisotopic (exact) mass is 433 g/mol. The number of methoxy groups -OCH3 is 2. The number of carbonyl (C=O) groups is 1. The van der Waals surface area contributed by atoms with Crippen LogP contribution in [0.1, 0.15) is 18.4 Å². The molecule has 2 aromatic rings. The van der Waals surface area contributed by atoms with E-state index in [-0.39, 0.29) is 5.91 Å². The van der Waals surface area contributed by atoms with Gasteiger partial charge in [-0.3, -0.25) is 4.79 Å². The Morgan fingerprint density at radius 2 is 1.67 bits per heavy atom. The molecule has 1 saturated heterocycles. The van der Waals surface area contributed by atoms with E-state index in [4.69, 9.17) is 14.2 Å². The van der Waals surface area contributed by atoms with E-state index in [1.807, 2.05) is 42.5 Å². The Kier molecular flexibility index (Phi) is 6.07. The third-order valence-electron chi connectivity index (χ3n) is 5.21. The molecular formula is C21H24BrNO4. The normalized spacial score (nSPS) is 15.9. The van der Waals surface area contributed by atoms with Crippen LogP contribution in [0.3, 0.4) is 0 Å². The molecule has 0 radical (unpaired) electrons. The van der Waals surface area contributed by atoms with Crippen molar-refractivity contribution < 1.29 is 19.0 Å². The average molecular weight is 434 g/mol. The Balaban J connectivity index is 1.98. The molecule has 1 amide bonds. The smallest absolute Gasteiger partial charge is 0.237 e. The molecule has 144 valence electrons. The van der Waals surface area contributed by atoms with Gasteiger partial charge in [0.1, 0.15) is 0 Å². The van der Waals surface area contributed by atoms with Crippen LogP contribution >= 0.6 is 15.9 Å². The minimum absolute atomic E-state index is 0.0559. The first-order chi connectivity index (χ1) is 13.0. The third-order valence-corrected chi connectivity index (χ3v) is 5.74. The predicted molar refractivity (Wildman–Crippen MR) is 109 cm³/mol. The maximum Gasteiger partial charge on any atom is 0.237 e. The number of likely N-dealkylation sites (N-methyl/N-ethyl adjacent to an activating group) is 1. The van der Waals surface area contributed by atoms with Gasteiger partial charge in [-0.25, -0.2) is 0 Å². The van der Waals surface area contributed by atoms with Crippen LogP contribution in [0, 0.1) is 0 Å². The van der Waals surface area contributed by atoms with E-state index < -0.39 is 5.41 Å². The summed E-state index contributed by atoms with van der Waals surface area (Å²) in [6, 6.07) is 13.5. The molecule has 5 nitrogen and oxygen atoms in total. The molecule has 0 bridgehead atoms. The number of nitrogens with zero attached hydrogens (tertiary/aromatic N) is 1. The van der Waals surface area contributed by atoms with Crippen LogP contribution in [0.15, 0.2) is 46.9 Å². The number of benzene rings is 2. The van der Waals surface area contributed by atoms with Gasteiger partial charge in [-0.15, -0.1) is 0 Å². The summed E-state index contributed by atoms with van der Waals surface area (Å²) in [6.45, 7) is 1.14. The number of hydrogen-bond acceptors (Lipinski definition) is 4. The summed E-state index contributed by atoms with van der Waals surface area (Å²) in [7, 11) is 4.99. The molecule has 0 atom stereocenters. The zero-order valence-electron chi connectivity index (χ0n) is 15.8. The maximum atomic E-state index is 13.6. The molecule has 0 unspecified atom stereocenters.